The first-order chi connectivity index (χ1) is 14.6. The second-order valence-corrected chi connectivity index (χ2v) is 11.9. The Morgan fingerprint density at radius 1 is 0.871 bits per heavy atom. The molecule has 6 nitrogen and oxygen atoms in total. The van der Waals surface area contributed by atoms with E-state index < -0.39 is 20.0 Å². The molecule has 0 saturated carbocycles. The fraction of sp³-hybridized carbons (Fsp3) is 0.478. The normalized spacial score (nSPS) is 20.5. The zero-order valence-corrected chi connectivity index (χ0v) is 20.0. The van der Waals surface area contributed by atoms with E-state index in [1.807, 2.05) is 26.0 Å². The van der Waals surface area contributed by atoms with E-state index in [-0.39, 0.29) is 21.9 Å². The van der Waals surface area contributed by atoms with E-state index in [0.717, 1.165) is 44.1 Å². The molecule has 1 N–H and O–H groups in total. The Bertz CT molecular complexity index is 1070. The molecule has 0 unspecified atom stereocenters. The van der Waals surface area contributed by atoms with Crippen LogP contribution in [0.15, 0.2) is 58.3 Å². The van der Waals surface area contributed by atoms with Gasteiger partial charge in [0.25, 0.3) is 10.0 Å². The summed E-state index contributed by atoms with van der Waals surface area (Å²) in [4.78, 5) is 0.358. The smallest absolute Gasteiger partial charge is 0.261 e. The third kappa shape index (κ3) is 5.48. The van der Waals surface area contributed by atoms with Gasteiger partial charge in [0.05, 0.1) is 9.79 Å². The van der Waals surface area contributed by atoms with Gasteiger partial charge >= 0.3 is 0 Å². The molecule has 31 heavy (non-hydrogen) atoms. The first-order valence-corrected chi connectivity index (χ1v) is 13.8. The first kappa shape index (κ1) is 23.8. The Hall–Kier alpha value is -1.90. The molecule has 1 saturated heterocycles. The second-order valence-electron chi connectivity index (χ2n) is 8.34. The Morgan fingerprint density at radius 2 is 1.42 bits per heavy atom. The molecule has 1 heterocycles. The Kier molecular flexibility index (Phi) is 7.44. The van der Waals surface area contributed by atoms with E-state index in [1.165, 1.54) is 24.3 Å². The molecule has 2 aromatic carbocycles. The third-order valence-corrected chi connectivity index (χ3v) is 9.39. The molecule has 170 valence electrons. The van der Waals surface area contributed by atoms with Gasteiger partial charge in [-0.3, -0.25) is 4.72 Å². The number of nitrogens with one attached hydrogen (secondary N) is 1. The molecule has 2 atom stereocenters. The monoisotopic (exact) mass is 464 g/mol. The minimum absolute atomic E-state index is 0.0489. The third-order valence-electron chi connectivity index (χ3n) is 5.85. The fourth-order valence-corrected chi connectivity index (χ4v) is 7.06. The molecule has 0 aliphatic carbocycles. The van der Waals surface area contributed by atoms with E-state index in [0.29, 0.717) is 5.69 Å². The molecule has 1 aliphatic heterocycles. The van der Waals surface area contributed by atoms with Crippen LogP contribution in [0, 0.1) is 0 Å². The molecule has 3 rings (SSSR count). The van der Waals surface area contributed by atoms with Gasteiger partial charge in [0.15, 0.2) is 0 Å². The zero-order valence-electron chi connectivity index (χ0n) is 18.4. The Balaban J connectivity index is 1.75. The Morgan fingerprint density at radius 3 is 1.97 bits per heavy atom. The predicted molar refractivity (Wildman–Crippen MR) is 124 cm³/mol. The lowest BCUT2D eigenvalue weighted by Crippen LogP contribution is -2.47. The second kappa shape index (κ2) is 9.71. The van der Waals surface area contributed by atoms with Crippen molar-refractivity contribution in [3.63, 3.8) is 0 Å². The van der Waals surface area contributed by atoms with E-state index in [9.17, 15) is 16.8 Å². The highest BCUT2D eigenvalue weighted by atomic mass is 32.2. The minimum atomic E-state index is -3.75. The SMILES string of the molecule is CCCCc1ccc(S(=O)(=O)Nc2ccc(S(=O)(=O)N3[C@H](C)CCC[C@H]3C)cc2)cc1. The number of aryl methyl sites for hydroxylation is 1. The van der Waals surface area contributed by atoms with E-state index in [4.69, 9.17) is 0 Å². The van der Waals surface area contributed by atoms with Gasteiger partial charge in [-0.2, -0.15) is 4.31 Å². The molecule has 0 aromatic heterocycles. The van der Waals surface area contributed by atoms with Crippen molar-refractivity contribution in [2.75, 3.05) is 4.72 Å². The van der Waals surface area contributed by atoms with Crippen molar-refractivity contribution in [1.82, 2.24) is 4.31 Å². The van der Waals surface area contributed by atoms with Crippen molar-refractivity contribution >= 4 is 25.7 Å². The molecule has 2 aromatic rings. The van der Waals surface area contributed by atoms with Crippen LogP contribution in [0.25, 0.3) is 0 Å². The van der Waals surface area contributed by atoms with Crippen molar-refractivity contribution in [2.45, 2.75) is 81.2 Å². The minimum Gasteiger partial charge on any atom is -0.280 e. The van der Waals surface area contributed by atoms with Crippen LogP contribution >= 0.6 is 0 Å². The number of benzene rings is 2. The average Bonchev–Trinajstić information content (AvgIpc) is 2.72. The van der Waals surface area contributed by atoms with Crippen molar-refractivity contribution in [2.24, 2.45) is 0 Å². The first-order valence-electron chi connectivity index (χ1n) is 10.9. The number of piperidine rings is 1. The van der Waals surface area contributed by atoms with Gasteiger partial charge in [0, 0.05) is 17.8 Å². The van der Waals surface area contributed by atoms with Crippen LogP contribution in [-0.2, 0) is 26.5 Å². The lowest BCUT2D eigenvalue weighted by Gasteiger charge is -2.37. The molecular weight excluding hydrogens is 432 g/mol. The molecule has 0 amide bonds. The molecular formula is C23H32N2O4S2. The summed E-state index contributed by atoms with van der Waals surface area (Å²) >= 11 is 0. The highest BCUT2D eigenvalue weighted by Gasteiger charge is 2.35. The maximum Gasteiger partial charge on any atom is 0.261 e. The van der Waals surface area contributed by atoms with Crippen LogP contribution in [0.5, 0.6) is 0 Å². The molecule has 0 spiro atoms. The number of unbranched alkanes of at least 4 members (excludes halogenated alkanes) is 1. The standard InChI is InChI=1S/C23H32N2O4S2/c1-4-5-9-20-10-14-22(15-11-20)30(26,27)24-21-12-16-23(17-13-21)31(28,29)25-18(2)7-6-8-19(25)3/h10-19,24H,4-9H2,1-3H3/t18-,19-/m1/s1. The van der Waals surface area contributed by atoms with Gasteiger partial charge in [-0.1, -0.05) is 31.9 Å². The summed E-state index contributed by atoms with van der Waals surface area (Å²) in [6.07, 6.45) is 5.79. The largest absolute Gasteiger partial charge is 0.280 e. The lowest BCUT2D eigenvalue weighted by atomic mass is 10.0. The van der Waals surface area contributed by atoms with Gasteiger partial charge in [-0.15, -0.1) is 0 Å². The van der Waals surface area contributed by atoms with Crippen LogP contribution < -0.4 is 4.72 Å². The quantitative estimate of drug-likeness (QED) is 0.609. The van der Waals surface area contributed by atoms with Gasteiger partial charge in [0.2, 0.25) is 10.0 Å². The molecule has 8 heteroatoms. The molecule has 1 fully saturated rings. The highest BCUT2D eigenvalue weighted by molar-refractivity contribution is 7.92. The highest BCUT2D eigenvalue weighted by Crippen LogP contribution is 2.30. The summed E-state index contributed by atoms with van der Waals surface area (Å²) in [5.74, 6) is 0. The van der Waals surface area contributed by atoms with Gasteiger partial charge in [-0.25, -0.2) is 16.8 Å². The average molecular weight is 465 g/mol. The van der Waals surface area contributed by atoms with Crippen molar-refractivity contribution in [3.05, 3.63) is 54.1 Å². The molecule has 1 aliphatic rings. The zero-order chi connectivity index (χ0) is 22.6. The fourth-order valence-electron chi connectivity index (χ4n) is 4.12. The molecule has 0 bridgehead atoms. The van der Waals surface area contributed by atoms with Crippen LogP contribution in [0.3, 0.4) is 0 Å². The number of rotatable bonds is 8. The van der Waals surface area contributed by atoms with Crippen molar-refractivity contribution in [3.8, 4) is 0 Å². The summed E-state index contributed by atoms with van der Waals surface area (Å²) in [7, 11) is -7.38. The van der Waals surface area contributed by atoms with E-state index in [2.05, 4.69) is 11.6 Å². The number of hydrogen-bond acceptors (Lipinski definition) is 4. The topological polar surface area (TPSA) is 83.5 Å². The Labute approximate surface area is 186 Å². The summed E-state index contributed by atoms with van der Waals surface area (Å²) in [6, 6.07) is 12.7. The predicted octanol–water partition coefficient (Wildman–Crippen LogP) is 4.78. The summed E-state index contributed by atoms with van der Waals surface area (Å²) in [5.41, 5.74) is 1.44. The van der Waals surface area contributed by atoms with Crippen molar-refractivity contribution in [1.29, 1.82) is 0 Å². The maximum absolute atomic E-state index is 13.1. The van der Waals surface area contributed by atoms with E-state index in [1.54, 1.807) is 16.4 Å². The van der Waals surface area contributed by atoms with Crippen LogP contribution in [0.4, 0.5) is 5.69 Å². The van der Waals surface area contributed by atoms with Crippen molar-refractivity contribution < 1.29 is 16.8 Å². The van der Waals surface area contributed by atoms with Crippen LogP contribution in [0.1, 0.15) is 58.4 Å². The van der Waals surface area contributed by atoms with Gasteiger partial charge in [0.1, 0.15) is 0 Å². The summed E-state index contributed by atoms with van der Waals surface area (Å²) in [6.45, 7) is 5.99. The van der Waals surface area contributed by atoms with Crippen LogP contribution in [0.2, 0.25) is 0 Å². The number of sulfonamides is 2. The number of anilines is 1. The van der Waals surface area contributed by atoms with E-state index >= 15 is 0 Å². The van der Waals surface area contributed by atoms with Gasteiger partial charge < -0.3 is 0 Å². The maximum atomic E-state index is 13.1. The number of hydrogen-bond donors (Lipinski definition) is 1. The number of nitrogens with zero attached hydrogens (tertiary/aromatic N) is 1. The van der Waals surface area contributed by atoms with Crippen LogP contribution in [-0.4, -0.2) is 33.2 Å². The molecule has 0 radical (unpaired) electrons. The summed E-state index contributed by atoms with van der Waals surface area (Å²) in [5, 5.41) is 0. The van der Waals surface area contributed by atoms with Gasteiger partial charge in [-0.05, 0) is 81.5 Å². The lowest BCUT2D eigenvalue weighted by molar-refractivity contribution is 0.204. The summed E-state index contributed by atoms with van der Waals surface area (Å²) < 4.78 is 55.8.